The molecule has 3 heterocycles. The van der Waals surface area contributed by atoms with Crippen LogP contribution < -0.4 is 5.32 Å². The molecule has 0 spiro atoms. The average molecular weight is 491 g/mol. The molecule has 4 aromatic rings. The molecule has 1 aliphatic rings. The number of aryl methyl sites for hydroxylation is 1. The largest absolute Gasteiger partial charge is 0.316 e. The van der Waals surface area contributed by atoms with Crippen molar-refractivity contribution in [3.63, 3.8) is 0 Å². The molecule has 1 N–H and O–H groups in total. The Morgan fingerprint density at radius 3 is 2.68 bits per heavy atom. The van der Waals surface area contributed by atoms with Crippen LogP contribution in [0.4, 0.5) is 9.39 Å². The van der Waals surface area contributed by atoms with Crippen molar-refractivity contribution in [2.75, 3.05) is 11.1 Å². The van der Waals surface area contributed by atoms with Crippen LogP contribution in [0.2, 0.25) is 0 Å². The summed E-state index contributed by atoms with van der Waals surface area (Å²) < 4.78 is 15.3. The smallest absolute Gasteiger partial charge is 0.235 e. The highest BCUT2D eigenvalue weighted by Crippen LogP contribution is 2.38. The number of aromatic nitrogens is 4. The highest BCUT2D eigenvalue weighted by molar-refractivity contribution is 7.99. The molecule has 0 atom stereocenters. The van der Waals surface area contributed by atoms with Crippen LogP contribution in [0.5, 0.6) is 0 Å². The molecule has 1 amide bonds. The van der Waals surface area contributed by atoms with Crippen LogP contribution in [0.3, 0.4) is 0 Å². The number of carbonyl (C=O) groups excluding carboxylic acids is 1. The first-order valence-electron chi connectivity index (χ1n) is 10.7. The van der Waals surface area contributed by atoms with Gasteiger partial charge < -0.3 is 5.32 Å². The number of halogens is 1. The van der Waals surface area contributed by atoms with E-state index in [2.05, 4.69) is 26.6 Å². The first-order valence-corrected chi connectivity index (χ1v) is 12.5. The summed E-state index contributed by atoms with van der Waals surface area (Å²) in [4.78, 5) is 18.0. The third kappa shape index (κ3) is 4.44. The molecule has 1 aromatic carbocycles. The van der Waals surface area contributed by atoms with Crippen LogP contribution in [0.1, 0.15) is 28.8 Å². The lowest BCUT2D eigenvalue weighted by atomic mass is 9.96. The van der Waals surface area contributed by atoms with Crippen LogP contribution in [0.15, 0.2) is 53.9 Å². The number of fused-ring (bicyclic) bond motifs is 1. The van der Waals surface area contributed by atoms with Crippen LogP contribution >= 0.6 is 23.1 Å². The zero-order chi connectivity index (χ0) is 23.5. The highest BCUT2D eigenvalue weighted by Gasteiger charge is 2.22. The second-order valence-corrected chi connectivity index (χ2v) is 9.77. The fraction of sp³-hybridized carbons (Fsp3) is 0.208. The van der Waals surface area contributed by atoms with Crippen LogP contribution in [0, 0.1) is 17.1 Å². The Morgan fingerprint density at radius 2 is 1.91 bits per heavy atom. The molecule has 0 unspecified atom stereocenters. The number of carbonyl (C=O) groups is 1. The summed E-state index contributed by atoms with van der Waals surface area (Å²) in [7, 11) is 0. The Kier molecular flexibility index (Phi) is 6.38. The molecule has 0 bridgehead atoms. The van der Waals surface area contributed by atoms with E-state index in [1.807, 2.05) is 12.1 Å². The van der Waals surface area contributed by atoms with E-state index in [0.717, 1.165) is 36.8 Å². The summed E-state index contributed by atoms with van der Waals surface area (Å²) in [6.07, 6.45) is 7.34. The lowest BCUT2D eigenvalue weighted by Crippen LogP contribution is -2.14. The molecule has 10 heteroatoms. The van der Waals surface area contributed by atoms with Gasteiger partial charge in [0, 0.05) is 28.5 Å². The maximum absolute atomic E-state index is 13.5. The van der Waals surface area contributed by atoms with E-state index in [4.69, 9.17) is 0 Å². The van der Waals surface area contributed by atoms with E-state index in [-0.39, 0.29) is 17.5 Å². The molecule has 34 heavy (non-hydrogen) atoms. The Hall–Kier alpha value is -3.55. The second-order valence-electron chi connectivity index (χ2n) is 7.72. The predicted molar refractivity (Wildman–Crippen MR) is 130 cm³/mol. The van der Waals surface area contributed by atoms with E-state index in [0.29, 0.717) is 27.2 Å². The summed E-state index contributed by atoms with van der Waals surface area (Å²) in [6, 6.07) is 11.9. The van der Waals surface area contributed by atoms with Gasteiger partial charge in [0.2, 0.25) is 5.91 Å². The van der Waals surface area contributed by atoms with E-state index in [1.165, 1.54) is 40.1 Å². The molecule has 0 saturated carbocycles. The van der Waals surface area contributed by atoms with Crippen molar-refractivity contribution >= 4 is 34.0 Å². The van der Waals surface area contributed by atoms with Gasteiger partial charge in [0.1, 0.15) is 16.9 Å². The predicted octanol–water partition coefficient (Wildman–Crippen LogP) is 5.01. The summed E-state index contributed by atoms with van der Waals surface area (Å²) in [6.45, 7) is 0. The fourth-order valence-corrected chi connectivity index (χ4v) is 5.95. The van der Waals surface area contributed by atoms with E-state index in [9.17, 15) is 14.4 Å². The molecular formula is C24H19FN6OS2. The number of rotatable bonds is 6. The quantitative estimate of drug-likeness (QED) is 0.382. The molecule has 5 rings (SSSR count). The lowest BCUT2D eigenvalue weighted by molar-refractivity contribution is -0.113. The molecular weight excluding hydrogens is 471 g/mol. The van der Waals surface area contributed by atoms with E-state index in [1.54, 1.807) is 29.1 Å². The van der Waals surface area contributed by atoms with Gasteiger partial charge >= 0.3 is 0 Å². The minimum Gasteiger partial charge on any atom is -0.316 e. The minimum absolute atomic E-state index is 0.0864. The number of pyridine rings is 1. The van der Waals surface area contributed by atoms with E-state index >= 15 is 0 Å². The lowest BCUT2D eigenvalue weighted by Gasteiger charge is -2.10. The van der Waals surface area contributed by atoms with Gasteiger partial charge in [0.25, 0.3) is 0 Å². The maximum Gasteiger partial charge on any atom is 0.235 e. The Morgan fingerprint density at radius 1 is 1.15 bits per heavy atom. The van der Waals surface area contributed by atoms with Crippen molar-refractivity contribution in [1.29, 1.82) is 5.26 Å². The number of benzene rings is 1. The molecule has 0 fully saturated rings. The molecule has 0 aliphatic heterocycles. The topological polar surface area (TPSA) is 96.5 Å². The monoisotopic (exact) mass is 490 g/mol. The normalized spacial score (nSPS) is 12.7. The number of nitrogens with one attached hydrogen (secondary N) is 1. The molecule has 3 aromatic heterocycles. The maximum atomic E-state index is 13.5. The number of nitrogens with zero attached hydrogens (tertiary/aromatic N) is 5. The molecule has 170 valence electrons. The third-order valence-electron chi connectivity index (χ3n) is 5.53. The van der Waals surface area contributed by atoms with Gasteiger partial charge in [-0.3, -0.25) is 14.3 Å². The van der Waals surface area contributed by atoms with Crippen molar-refractivity contribution in [2.24, 2.45) is 0 Å². The fourth-order valence-electron chi connectivity index (χ4n) is 3.94. The van der Waals surface area contributed by atoms with Gasteiger partial charge in [0.15, 0.2) is 11.0 Å². The number of thiophene rings is 1. The first kappa shape index (κ1) is 22.3. The summed E-state index contributed by atoms with van der Waals surface area (Å²) in [5.74, 6) is 0.0833. The van der Waals surface area contributed by atoms with Crippen LogP contribution in [0.25, 0.3) is 17.1 Å². The molecule has 0 radical (unpaired) electrons. The standard InChI is InChI=1S/C24H19FN6OS2/c25-16-5-7-17(8-6-16)31-22(15-9-11-27-12-10-15)29-30-24(31)33-14-21(32)28-23-19(13-26)18-3-1-2-4-20(18)34-23/h5-12H,1-4,14H2,(H,28,32). The number of amides is 1. The number of nitriles is 1. The summed E-state index contributed by atoms with van der Waals surface area (Å²) in [5.41, 5.74) is 3.15. The van der Waals surface area contributed by atoms with Gasteiger partial charge in [-0.2, -0.15) is 5.26 Å². The zero-order valence-electron chi connectivity index (χ0n) is 18.0. The van der Waals surface area contributed by atoms with Crippen molar-refractivity contribution in [1.82, 2.24) is 19.7 Å². The van der Waals surface area contributed by atoms with Crippen molar-refractivity contribution in [2.45, 2.75) is 30.8 Å². The summed E-state index contributed by atoms with van der Waals surface area (Å²) in [5, 5.41) is 22.3. The van der Waals surface area contributed by atoms with Gasteiger partial charge in [-0.1, -0.05) is 11.8 Å². The third-order valence-corrected chi connectivity index (χ3v) is 7.66. The van der Waals surface area contributed by atoms with Gasteiger partial charge in [-0.15, -0.1) is 21.5 Å². The minimum atomic E-state index is -0.345. The summed E-state index contributed by atoms with van der Waals surface area (Å²) >= 11 is 2.73. The van der Waals surface area contributed by atoms with Crippen molar-refractivity contribution in [3.8, 4) is 23.1 Å². The molecule has 1 aliphatic carbocycles. The zero-order valence-corrected chi connectivity index (χ0v) is 19.6. The second kappa shape index (κ2) is 9.75. The number of thioether (sulfide) groups is 1. The van der Waals surface area contributed by atoms with Crippen molar-refractivity contribution in [3.05, 3.63) is 70.6 Å². The van der Waals surface area contributed by atoms with E-state index < -0.39 is 0 Å². The number of hydrogen-bond donors (Lipinski definition) is 1. The van der Waals surface area contributed by atoms with Crippen LogP contribution in [-0.2, 0) is 17.6 Å². The SMILES string of the molecule is N#Cc1c(NC(=O)CSc2nnc(-c3ccncc3)n2-c2ccc(F)cc2)sc2c1CCCC2. The Bertz CT molecular complexity index is 1380. The van der Waals surface area contributed by atoms with Gasteiger partial charge in [-0.05, 0) is 67.6 Å². The number of anilines is 1. The van der Waals surface area contributed by atoms with Gasteiger partial charge in [-0.25, -0.2) is 4.39 Å². The number of hydrogen-bond acceptors (Lipinski definition) is 7. The first-order chi connectivity index (χ1) is 16.6. The molecule has 0 saturated heterocycles. The Labute approximate surface area is 203 Å². The Balaban J connectivity index is 1.38. The molecule has 7 nitrogen and oxygen atoms in total. The average Bonchev–Trinajstić information content (AvgIpc) is 3.44. The van der Waals surface area contributed by atoms with Gasteiger partial charge in [0.05, 0.1) is 11.3 Å². The van der Waals surface area contributed by atoms with Crippen molar-refractivity contribution < 1.29 is 9.18 Å². The highest BCUT2D eigenvalue weighted by atomic mass is 32.2. The van der Waals surface area contributed by atoms with Crippen LogP contribution in [-0.4, -0.2) is 31.4 Å².